The molecule has 5 heteroatoms. The van der Waals surface area contributed by atoms with E-state index >= 15 is 0 Å². The summed E-state index contributed by atoms with van der Waals surface area (Å²) in [4.78, 5) is 17.7. The Morgan fingerprint density at radius 1 is 1.33 bits per heavy atom. The second-order valence-electron chi connectivity index (χ2n) is 3.78. The number of hydrogen-bond donors (Lipinski definition) is 1. The van der Waals surface area contributed by atoms with E-state index in [4.69, 9.17) is 5.73 Å². The molecule has 18 heavy (non-hydrogen) atoms. The Kier molecular flexibility index (Phi) is 3.62. The van der Waals surface area contributed by atoms with E-state index in [-0.39, 0.29) is 5.91 Å². The molecular formula is C13H12BrN3O. The van der Waals surface area contributed by atoms with Crippen LogP contribution in [0.15, 0.2) is 47.1 Å². The number of amides is 1. The molecule has 92 valence electrons. The van der Waals surface area contributed by atoms with E-state index in [1.165, 1.54) is 4.90 Å². The molecule has 1 aromatic carbocycles. The molecule has 0 aliphatic heterocycles. The Morgan fingerprint density at radius 3 is 2.72 bits per heavy atom. The Hall–Kier alpha value is -1.88. The van der Waals surface area contributed by atoms with Crippen LogP contribution in [0.25, 0.3) is 0 Å². The second kappa shape index (κ2) is 5.18. The van der Waals surface area contributed by atoms with Crippen molar-refractivity contribution >= 4 is 33.2 Å². The topological polar surface area (TPSA) is 59.2 Å². The highest BCUT2D eigenvalue weighted by Crippen LogP contribution is 2.26. The fraction of sp³-hybridized carbons (Fsp3) is 0.0769. The van der Waals surface area contributed by atoms with Crippen LogP contribution in [0.1, 0.15) is 10.5 Å². The average molecular weight is 306 g/mol. The molecule has 0 aliphatic rings. The van der Waals surface area contributed by atoms with Crippen molar-refractivity contribution < 1.29 is 4.79 Å². The van der Waals surface area contributed by atoms with Gasteiger partial charge in [0.2, 0.25) is 0 Å². The molecule has 0 radical (unpaired) electrons. The third-order valence-electron chi connectivity index (χ3n) is 2.54. The van der Waals surface area contributed by atoms with Crippen LogP contribution in [0.3, 0.4) is 0 Å². The zero-order chi connectivity index (χ0) is 13.1. The minimum atomic E-state index is -0.190. The van der Waals surface area contributed by atoms with Crippen molar-refractivity contribution in [2.24, 2.45) is 0 Å². The van der Waals surface area contributed by atoms with Crippen LogP contribution in [0, 0.1) is 0 Å². The maximum atomic E-state index is 12.2. The van der Waals surface area contributed by atoms with Crippen molar-refractivity contribution in [2.45, 2.75) is 0 Å². The maximum Gasteiger partial charge on any atom is 0.276 e. The summed E-state index contributed by atoms with van der Waals surface area (Å²) < 4.78 is 0.877. The first kappa shape index (κ1) is 12.6. The van der Waals surface area contributed by atoms with Crippen LogP contribution in [0.5, 0.6) is 0 Å². The smallest absolute Gasteiger partial charge is 0.276 e. The molecule has 1 aromatic heterocycles. The predicted octanol–water partition coefficient (Wildman–Crippen LogP) is 2.70. The fourth-order valence-corrected chi connectivity index (χ4v) is 1.98. The van der Waals surface area contributed by atoms with Crippen molar-refractivity contribution in [2.75, 3.05) is 17.7 Å². The van der Waals surface area contributed by atoms with Crippen molar-refractivity contribution in [3.8, 4) is 0 Å². The van der Waals surface area contributed by atoms with E-state index < -0.39 is 0 Å². The molecule has 0 fully saturated rings. The van der Waals surface area contributed by atoms with Crippen LogP contribution in [0.2, 0.25) is 0 Å². The molecule has 0 unspecified atom stereocenters. The number of halogens is 1. The summed E-state index contributed by atoms with van der Waals surface area (Å²) in [5.41, 5.74) is 7.48. The van der Waals surface area contributed by atoms with Gasteiger partial charge in [0.15, 0.2) is 0 Å². The third-order valence-corrected chi connectivity index (χ3v) is 3.03. The number of pyridine rings is 1. The highest BCUT2D eigenvalue weighted by molar-refractivity contribution is 9.10. The molecule has 2 rings (SSSR count). The van der Waals surface area contributed by atoms with Crippen LogP contribution in [0.4, 0.5) is 11.4 Å². The maximum absolute atomic E-state index is 12.2. The summed E-state index contributed by atoms with van der Waals surface area (Å²) in [6, 6.07) is 10.6. The summed E-state index contributed by atoms with van der Waals surface area (Å²) >= 11 is 3.33. The van der Waals surface area contributed by atoms with Gasteiger partial charge in [-0.2, -0.15) is 0 Å². The monoisotopic (exact) mass is 305 g/mol. The fourth-order valence-electron chi connectivity index (χ4n) is 1.60. The van der Waals surface area contributed by atoms with Gasteiger partial charge < -0.3 is 10.6 Å². The highest BCUT2D eigenvalue weighted by atomic mass is 79.9. The van der Waals surface area contributed by atoms with Crippen molar-refractivity contribution in [1.82, 2.24) is 4.98 Å². The van der Waals surface area contributed by atoms with E-state index in [0.29, 0.717) is 17.1 Å². The summed E-state index contributed by atoms with van der Waals surface area (Å²) in [6.07, 6.45) is 1.59. The molecule has 0 aliphatic carbocycles. The third kappa shape index (κ3) is 2.51. The summed E-state index contributed by atoms with van der Waals surface area (Å²) in [6.45, 7) is 0. The minimum absolute atomic E-state index is 0.190. The van der Waals surface area contributed by atoms with E-state index in [2.05, 4.69) is 20.9 Å². The number of aromatic nitrogens is 1. The van der Waals surface area contributed by atoms with Gasteiger partial charge in [-0.1, -0.05) is 22.0 Å². The lowest BCUT2D eigenvalue weighted by molar-refractivity contribution is 0.0988. The van der Waals surface area contributed by atoms with Gasteiger partial charge in [0, 0.05) is 17.7 Å². The first-order valence-electron chi connectivity index (χ1n) is 5.33. The number of nitrogens with two attached hydrogens (primary N) is 1. The Bertz CT molecular complexity index is 572. The van der Waals surface area contributed by atoms with Crippen LogP contribution in [-0.4, -0.2) is 17.9 Å². The zero-order valence-corrected chi connectivity index (χ0v) is 11.4. The molecular weight excluding hydrogens is 294 g/mol. The number of anilines is 2. The van der Waals surface area contributed by atoms with Gasteiger partial charge in [-0.25, -0.2) is 0 Å². The van der Waals surface area contributed by atoms with Gasteiger partial charge >= 0.3 is 0 Å². The van der Waals surface area contributed by atoms with Gasteiger partial charge in [0.25, 0.3) is 5.91 Å². The molecule has 0 saturated heterocycles. The molecule has 4 nitrogen and oxygen atoms in total. The largest absolute Gasteiger partial charge is 0.397 e. The van der Waals surface area contributed by atoms with E-state index in [9.17, 15) is 4.79 Å². The number of carbonyl (C=O) groups is 1. The van der Waals surface area contributed by atoms with Gasteiger partial charge in [0.05, 0.1) is 11.4 Å². The molecule has 0 saturated carbocycles. The van der Waals surface area contributed by atoms with E-state index in [0.717, 1.165) is 4.47 Å². The highest BCUT2D eigenvalue weighted by Gasteiger charge is 2.16. The summed E-state index contributed by atoms with van der Waals surface area (Å²) in [7, 11) is 1.68. The van der Waals surface area contributed by atoms with Crippen LogP contribution < -0.4 is 10.6 Å². The van der Waals surface area contributed by atoms with Gasteiger partial charge in [-0.3, -0.25) is 9.78 Å². The SMILES string of the molecule is CN(C(=O)c1ccccn1)c1ccc(Br)cc1N. The van der Waals surface area contributed by atoms with E-state index in [1.54, 1.807) is 43.6 Å². The zero-order valence-electron chi connectivity index (χ0n) is 9.80. The predicted molar refractivity (Wildman–Crippen MR) is 75.5 cm³/mol. The van der Waals surface area contributed by atoms with Crippen LogP contribution >= 0.6 is 15.9 Å². The molecule has 2 aromatic rings. The molecule has 0 atom stereocenters. The summed E-state index contributed by atoms with van der Waals surface area (Å²) in [5, 5.41) is 0. The molecule has 1 amide bonds. The number of nitrogens with zero attached hydrogens (tertiary/aromatic N) is 2. The first-order chi connectivity index (χ1) is 8.59. The number of hydrogen-bond acceptors (Lipinski definition) is 3. The lowest BCUT2D eigenvalue weighted by Gasteiger charge is -2.18. The lowest BCUT2D eigenvalue weighted by atomic mass is 10.2. The number of carbonyl (C=O) groups excluding carboxylic acids is 1. The standard InChI is InChI=1S/C13H12BrN3O/c1-17(12-6-5-9(14)8-10(12)15)13(18)11-4-2-3-7-16-11/h2-8H,15H2,1H3. The van der Waals surface area contributed by atoms with Gasteiger partial charge in [0.1, 0.15) is 5.69 Å². The first-order valence-corrected chi connectivity index (χ1v) is 6.13. The Morgan fingerprint density at radius 2 is 2.11 bits per heavy atom. The minimum Gasteiger partial charge on any atom is -0.397 e. The van der Waals surface area contributed by atoms with E-state index in [1.807, 2.05) is 6.07 Å². The number of rotatable bonds is 2. The normalized spacial score (nSPS) is 10.1. The molecule has 2 N–H and O–H groups in total. The van der Waals surface area contributed by atoms with Crippen molar-refractivity contribution in [3.63, 3.8) is 0 Å². The molecule has 0 bridgehead atoms. The van der Waals surface area contributed by atoms with Crippen LogP contribution in [-0.2, 0) is 0 Å². The average Bonchev–Trinajstić information content (AvgIpc) is 2.38. The Labute approximate surface area is 114 Å². The Balaban J connectivity index is 2.31. The van der Waals surface area contributed by atoms with Gasteiger partial charge in [-0.15, -0.1) is 0 Å². The summed E-state index contributed by atoms with van der Waals surface area (Å²) in [5.74, 6) is -0.190. The number of benzene rings is 1. The van der Waals surface area contributed by atoms with Crippen molar-refractivity contribution in [3.05, 3.63) is 52.8 Å². The van der Waals surface area contributed by atoms with Gasteiger partial charge in [-0.05, 0) is 30.3 Å². The molecule has 0 spiro atoms. The molecule has 1 heterocycles. The second-order valence-corrected chi connectivity index (χ2v) is 4.70. The van der Waals surface area contributed by atoms with Crippen molar-refractivity contribution in [1.29, 1.82) is 0 Å². The quantitative estimate of drug-likeness (QED) is 0.868. The number of nitrogen functional groups attached to an aromatic ring is 1. The lowest BCUT2D eigenvalue weighted by Crippen LogP contribution is -2.27.